The lowest BCUT2D eigenvalue weighted by molar-refractivity contribution is 1.08. The van der Waals surface area contributed by atoms with Gasteiger partial charge in [-0.2, -0.15) is 0 Å². The molecule has 0 atom stereocenters. The highest BCUT2D eigenvalue weighted by Crippen LogP contribution is 2.49. The van der Waals surface area contributed by atoms with Gasteiger partial charge in [0.1, 0.15) is 17.5 Å². The van der Waals surface area contributed by atoms with Gasteiger partial charge in [-0.25, -0.2) is 15.0 Å². The fraction of sp³-hybridized carbons (Fsp3) is 0. The molecule has 30 rings (SSSR count). The van der Waals surface area contributed by atoms with Gasteiger partial charge in [0.05, 0.1) is 77.2 Å². The second kappa shape index (κ2) is 36.1. The molecule has 0 aliphatic carbocycles. The summed E-state index contributed by atoms with van der Waals surface area (Å²) in [6, 6.07) is 191. The highest BCUT2D eigenvalue weighted by molar-refractivity contribution is 6.22. The molecule has 0 aliphatic rings. The summed E-state index contributed by atoms with van der Waals surface area (Å²) >= 11 is 0. The van der Waals surface area contributed by atoms with Gasteiger partial charge >= 0.3 is 0 Å². The minimum atomic E-state index is 0.910. The number of anilines is 9. The Labute approximate surface area is 852 Å². The van der Waals surface area contributed by atoms with E-state index in [1.165, 1.54) is 120 Å². The summed E-state index contributed by atoms with van der Waals surface area (Å²) in [5.41, 5.74) is 30.8. The molecule has 10 heterocycles. The Hall–Kier alpha value is -20.2. The van der Waals surface area contributed by atoms with E-state index in [0.717, 1.165) is 124 Å². The predicted molar refractivity (Wildman–Crippen MR) is 617 cm³/mol. The molecule has 10 aromatic heterocycles. The summed E-state index contributed by atoms with van der Waals surface area (Å²) in [6.07, 6.45) is 5.57. The van der Waals surface area contributed by atoms with E-state index in [1.807, 2.05) is 48.9 Å². The van der Waals surface area contributed by atoms with Crippen molar-refractivity contribution in [2.24, 2.45) is 0 Å². The number of aromatic nitrogens is 10. The van der Waals surface area contributed by atoms with Crippen molar-refractivity contribution < 1.29 is 0 Å². The SMILES string of the molecule is c1ccc(N(c2ccc3c(c2)c2ccccc2n3-c2ccccc2)c2ccc3c(c2)c2ccccc2n3-c2ccccn2)cc1.c1ccc(N(c2ccccc2)c2ccc3c(c2)c2cc4c(cc2n3-c2ccccc2)c2ccccc2n4-c2ccc3c(c2)c2ccccc2n3-c2ccccn2)cc1.c1ccc(N(c2ccccc2)c2ccc3c(c2)c2ccccc2n3-c2ccc3c(c2)c2ccccc2n3-c2ccccn2)cc1. The number of hydrogen-bond acceptors (Lipinski definition) is 6. The van der Waals surface area contributed by atoms with Crippen LogP contribution in [0.3, 0.4) is 0 Å². The Morgan fingerprint density at radius 3 is 0.588 bits per heavy atom. The van der Waals surface area contributed by atoms with Gasteiger partial charge in [0.25, 0.3) is 0 Å². The first-order chi connectivity index (χ1) is 73.5. The Kier molecular flexibility index (Phi) is 20.9. The van der Waals surface area contributed by atoms with Crippen LogP contribution in [0.25, 0.3) is 193 Å². The molecule has 0 radical (unpaired) electrons. The third kappa shape index (κ3) is 14.5. The molecule has 0 spiro atoms. The molecule has 0 N–H and O–H groups in total. The zero-order valence-corrected chi connectivity index (χ0v) is 80.4. The number of rotatable bonds is 16. The lowest BCUT2D eigenvalue weighted by Gasteiger charge is -2.26. The Morgan fingerprint density at radius 1 is 0.115 bits per heavy atom. The Balaban J connectivity index is 0.000000108. The molecule has 13 heteroatoms. The van der Waals surface area contributed by atoms with Crippen molar-refractivity contribution in [3.8, 4) is 40.2 Å². The summed E-state index contributed by atoms with van der Waals surface area (Å²) in [4.78, 5) is 21.2. The largest absolute Gasteiger partial charge is 0.310 e. The van der Waals surface area contributed by atoms with Crippen LogP contribution >= 0.6 is 0 Å². The van der Waals surface area contributed by atoms with Gasteiger partial charge in [-0.1, -0.05) is 255 Å². The van der Waals surface area contributed by atoms with Crippen molar-refractivity contribution in [3.05, 3.63) is 552 Å². The number of hydrogen-bond donors (Lipinski definition) is 0. The highest BCUT2D eigenvalue weighted by atomic mass is 15.2. The van der Waals surface area contributed by atoms with Gasteiger partial charge in [0.15, 0.2) is 0 Å². The number of fused-ring (bicyclic) bond motifs is 21. The molecule has 0 saturated carbocycles. The minimum absolute atomic E-state index is 0.910. The predicted octanol–water partition coefficient (Wildman–Crippen LogP) is 35.3. The Bertz CT molecular complexity index is 10100. The molecule has 13 nitrogen and oxygen atoms in total. The average molecular weight is 1900 g/mol. The summed E-state index contributed by atoms with van der Waals surface area (Å²) in [5, 5.41) is 16.9. The third-order valence-electron chi connectivity index (χ3n) is 29.1. The molecule has 0 bridgehead atoms. The molecule has 0 unspecified atom stereocenters. The zero-order chi connectivity index (χ0) is 97.6. The van der Waals surface area contributed by atoms with Crippen LogP contribution < -0.4 is 14.7 Å². The molecule has 0 amide bonds. The van der Waals surface area contributed by atoms with Crippen LogP contribution in [0.5, 0.6) is 0 Å². The van der Waals surface area contributed by atoms with Gasteiger partial charge in [0, 0.05) is 168 Å². The van der Waals surface area contributed by atoms with Crippen molar-refractivity contribution >= 4 is 204 Å². The molecule has 20 aromatic carbocycles. The normalized spacial score (nSPS) is 11.6. The van der Waals surface area contributed by atoms with Gasteiger partial charge in [0.2, 0.25) is 0 Å². The van der Waals surface area contributed by atoms with E-state index in [2.05, 4.69) is 550 Å². The van der Waals surface area contributed by atoms with E-state index < -0.39 is 0 Å². The van der Waals surface area contributed by atoms with Crippen LogP contribution in [-0.2, 0) is 0 Å². The van der Waals surface area contributed by atoms with Crippen LogP contribution in [0.4, 0.5) is 51.2 Å². The highest BCUT2D eigenvalue weighted by Gasteiger charge is 2.28. The van der Waals surface area contributed by atoms with E-state index in [1.54, 1.807) is 0 Å². The number of nitrogens with zero attached hydrogens (tertiary/aromatic N) is 13. The van der Waals surface area contributed by atoms with Crippen LogP contribution in [0, 0.1) is 0 Å². The molecule has 696 valence electrons. The zero-order valence-electron chi connectivity index (χ0n) is 80.4. The summed E-state index contributed by atoms with van der Waals surface area (Å²) < 4.78 is 16.4. The molecule has 0 saturated heterocycles. The maximum absolute atomic E-state index is 4.76. The van der Waals surface area contributed by atoms with Gasteiger partial charge < -0.3 is 33.0 Å². The molecule has 0 aliphatic heterocycles. The van der Waals surface area contributed by atoms with Crippen LogP contribution in [-0.4, -0.2) is 46.9 Å². The van der Waals surface area contributed by atoms with Crippen molar-refractivity contribution in [2.75, 3.05) is 14.7 Å². The molecule has 148 heavy (non-hydrogen) atoms. The van der Waals surface area contributed by atoms with Crippen molar-refractivity contribution in [1.29, 1.82) is 0 Å². The maximum atomic E-state index is 4.76. The minimum Gasteiger partial charge on any atom is -0.310 e. The average Bonchev–Trinajstić information content (AvgIpc) is 1.57. The first kappa shape index (κ1) is 85.8. The first-order valence-electron chi connectivity index (χ1n) is 50.2. The first-order valence-corrected chi connectivity index (χ1v) is 50.2. The fourth-order valence-corrected chi connectivity index (χ4v) is 22.8. The molecule has 30 aromatic rings. The Morgan fingerprint density at radius 2 is 0.304 bits per heavy atom. The lowest BCUT2D eigenvalue weighted by atomic mass is 10.1. The second-order valence-corrected chi connectivity index (χ2v) is 37.5. The topological polar surface area (TPSA) is 82.9 Å². The van der Waals surface area contributed by atoms with Crippen LogP contribution in [0.1, 0.15) is 0 Å². The monoisotopic (exact) mass is 1890 g/mol. The van der Waals surface area contributed by atoms with Crippen molar-refractivity contribution in [1.82, 2.24) is 46.9 Å². The summed E-state index contributed by atoms with van der Waals surface area (Å²) in [5.74, 6) is 2.74. The van der Waals surface area contributed by atoms with Gasteiger partial charge in [-0.05, 0) is 279 Å². The quantitative estimate of drug-likeness (QED) is 0.0959. The van der Waals surface area contributed by atoms with E-state index >= 15 is 0 Å². The van der Waals surface area contributed by atoms with E-state index in [9.17, 15) is 0 Å². The van der Waals surface area contributed by atoms with Gasteiger partial charge in [-0.3, -0.25) is 13.7 Å². The number of para-hydroxylation sites is 13. The van der Waals surface area contributed by atoms with Crippen molar-refractivity contribution in [2.45, 2.75) is 0 Å². The van der Waals surface area contributed by atoms with Crippen LogP contribution in [0.2, 0.25) is 0 Å². The maximum Gasteiger partial charge on any atom is 0.137 e. The molecule has 0 fully saturated rings. The summed E-state index contributed by atoms with van der Waals surface area (Å²) in [6.45, 7) is 0. The fourth-order valence-electron chi connectivity index (χ4n) is 22.8. The van der Waals surface area contributed by atoms with Crippen molar-refractivity contribution in [3.63, 3.8) is 0 Å². The molecular weight excluding hydrogens is 1800 g/mol. The van der Waals surface area contributed by atoms with Crippen LogP contribution in [0.15, 0.2) is 552 Å². The van der Waals surface area contributed by atoms with E-state index in [4.69, 9.17) is 15.0 Å². The third-order valence-corrected chi connectivity index (χ3v) is 29.1. The lowest BCUT2D eigenvalue weighted by Crippen LogP contribution is -2.09. The standard InChI is InChI=1S/C53H35N5.2C41H28N4/c1-4-16-36(17-5-1)55(37-18-6-2-7-19-37)39-27-29-49-44(32-39)46-35-51-45(34-52(46)56(49)38-20-8-3-9-21-38)42-23-10-12-24-47(42)57(51)40-28-30-50-43(33-40)41-22-11-13-25-48(41)58(50)53-26-14-15-31-54-53;1-3-13-29(14-4-1)43(31-22-24-39-35(27-31)33-17-7-9-19-37(33)44(39)30-15-5-2-6-16-30)32-23-25-40-36(28-32)34-18-8-10-20-38(34)45(40)41-21-11-12-26-42-41;1-3-13-29(14-4-1)43(30-15-5-2-6-16-30)31-22-24-39-35(27-31)33-17-7-9-19-37(33)44(39)32-23-25-40-36(28-32)34-18-8-10-20-38(34)45(40)41-21-11-12-26-42-41/h1-35H;2*1-28H. The van der Waals surface area contributed by atoms with E-state index in [0.29, 0.717) is 0 Å². The number of benzene rings is 20. The number of pyridine rings is 3. The second-order valence-electron chi connectivity index (χ2n) is 37.5. The summed E-state index contributed by atoms with van der Waals surface area (Å²) in [7, 11) is 0. The van der Waals surface area contributed by atoms with E-state index in [-0.39, 0.29) is 0 Å². The smallest absolute Gasteiger partial charge is 0.137 e. The molecular formula is C135H91N13. The van der Waals surface area contributed by atoms with Gasteiger partial charge in [-0.15, -0.1) is 0 Å².